The molecule has 1 heteroatoms. The Morgan fingerprint density at radius 3 is 2.42 bits per heavy atom. The second kappa shape index (κ2) is 7.35. The van der Waals surface area contributed by atoms with Crippen LogP contribution in [0.1, 0.15) is 46.0 Å². The van der Waals surface area contributed by atoms with Crippen LogP contribution in [0.15, 0.2) is 12.7 Å². The van der Waals surface area contributed by atoms with Gasteiger partial charge in [0.2, 0.25) is 0 Å². The molecule has 0 aliphatic carbocycles. The molecule has 0 fully saturated rings. The third kappa shape index (κ3) is 7.80. The molecule has 0 spiro atoms. The Bertz CT molecular complexity index is 108. The number of allylic oxidation sites excluding steroid dienone is 1. The second-order valence-electron chi connectivity index (χ2n) is 3.84. The van der Waals surface area contributed by atoms with Gasteiger partial charge in [0.05, 0.1) is 6.10 Å². The molecule has 1 nitrogen and oxygen atoms in total. The lowest BCUT2D eigenvalue weighted by Crippen LogP contribution is -2.07. The van der Waals surface area contributed by atoms with Crippen LogP contribution in [0.25, 0.3) is 0 Å². The van der Waals surface area contributed by atoms with Crippen LogP contribution in [0.4, 0.5) is 0 Å². The molecule has 0 radical (unpaired) electrons. The van der Waals surface area contributed by atoms with Crippen molar-refractivity contribution < 1.29 is 5.11 Å². The van der Waals surface area contributed by atoms with Crippen LogP contribution in [-0.2, 0) is 0 Å². The smallest absolute Gasteiger partial charge is 0.0540 e. The molecule has 0 amide bonds. The van der Waals surface area contributed by atoms with Gasteiger partial charge >= 0.3 is 0 Å². The van der Waals surface area contributed by atoms with Crippen LogP contribution < -0.4 is 0 Å². The summed E-state index contributed by atoms with van der Waals surface area (Å²) in [5.41, 5.74) is 0. The summed E-state index contributed by atoms with van der Waals surface area (Å²) in [4.78, 5) is 0. The highest BCUT2D eigenvalue weighted by molar-refractivity contribution is 4.67. The summed E-state index contributed by atoms with van der Waals surface area (Å²) in [6.45, 7) is 8.03. The Balaban J connectivity index is 3.21. The molecular formula is C11H22O. The van der Waals surface area contributed by atoms with Gasteiger partial charge in [-0.3, -0.25) is 0 Å². The van der Waals surface area contributed by atoms with E-state index in [4.69, 9.17) is 0 Å². The minimum atomic E-state index is -0.0904. The Labute approximate surface area is 76.5 Å². The summed E-state index contributed by atoms with van der Waals surface area (Å²) in [7, 11) is 0. The van der Waals surface area contributed by atoms with Crippen molar-refractivity contribution in [1.82, 2.24) is 0 Å². The molecule has 0 bridgehead atoms. The largest absolute Gasteiger partial charge is 0.393 e. The number of unbranched alkanes of at least 4 members (excludes halogenated alkanes) is 1. The first-order chi connectivity index (χ1) is 5.66. The standard InChI is InChI=1S/C11H22O/c1-4-5-6-7-11(12)9-8-10(2)3/h4,10-12H,1,5-9H2,2-3H3. The summed E-state index contributed by atoms with van der Waals surface area (Å²) in [6, 6.07) is 0. The van der Waals surface area contributed by atoms with Crippen molar-refractivity contribution in [2.45, 2.75) is 52.1 Å². The van der Waals surface area contributed by atoms with Crippen molar-refractivity contribution in [3.8, 4) is 0 Å². The highest BCUT2D eigenvalue weighted by Crippen LogP contribution is 2.11. The van der Waals surface area contributed by atoms with Gasteiger partial charge in [0.15, 0.2) is 0 Å². The molecule has 1 N–H and O–H groups in total. The SMILES string of the molecule is C=CCCCC(O)CCC(C)C. The van der Waals surface area contributed by atoms with Crippen molar-refractivity contribution in [3.63, 3.8) is 0 Å². The van der Waals surface area contributed by atoms with Crippen molar-refractivity contribution in [2.75, 3.05) is 0 Å². The van der Waals surface area contributed by atoms with E-state index >= 15 is 0 Å². The van der Waals surface area contributed by atoms with E-state index in [1.165, 1.54) is 0 Å². The van der Waals surface area contributed by atoms with E-state index in [9.17, 15) is 5.11 Å². The van der Waals surface area contributed by atoms with Gasteiger partial charge in [0, 0.05) is 0 Å². The highest BCUT2D eigenvalue weighted by Gasteiger charge is 2.04. The molecule has 1 atom stereocenters. The predicted molar refractivity (Wildman–Crippen MR) is 54.1 cm³/mol. The maximum atomic E-state index is 9.49. The van der Waals surface area contributed by atoms with Gasteiger partial charge in [-0.1, -0.05) is 19.9 Å². The molecule has 0 aromatic rings. The minimum absolute atomic E-state index is 0.0904. The number of aliphatic hydroxyl groups excluding tert-OH is 1. The molecule has 0 aliphatic rings. The van der Waals surface area contributed by atoms with Gasteiger partial charge in [0.25, 0.3) is 0 Å². The Morgan fingerprint density at radius 1 is 1.25 bits per heavy atom. The van der Waals surface area contributed by atoms with Crippen LogP contribution in [0.3, 0.4) is 0 Å². The number of rotatable bonds is 7. The molecule has 0 saturated carbocycles. The normalized spacial score (nSPS) is 13.3. The third-order valence-corrected chi connectivity index (χ3v) is 2.02. The van der Waals surface area contributed by atoms with E-state index < -0.39 is 0 Å². The quantitative estimate of drug-likeness (QED) is 0.459. The number of hydrogen-bond donors (Lipinski definition) is 1. The molecule has 12 heavy (non-hydrogen) atoms. The van der Waals surface area contributed by atoms with E-state index in [2.05, 4.69) is 20.4 Å². The first-order valence-corrected chi connectivity index (χ1v) is 4.95. The van der Waals surface area contributed by atoms with Gasteiger partial charge in [-0.2, -0.15) is 0 Å². The third-order valence-electron chi connectivity index (χ3n) is 2.02. The molecule has 0 aliphatic heterocycles. The molecular weight excluding hydrogens is 148 g/mol. The molecule has 0 rings (SSSR count). The van der Waals surface area contributed by atoms with Crippen LogP contribution >= 0.6 is 0 Å². The molecule has 72 valence electrons. The molecule has 0 aromatic heterocycles. The van der Waals surface area contributed by atoms with Crippen LogP contribution in [0.2, 0.25) is 0 Å². The maximum absolute atomic E-state index is 9.49. The molecule has 0 aromatic carbocycles. The average Bonchev–Trinajstić information content (AvgIpc) is 2.01. The van der Waals surface area contributed by atoms with Gasteiger partial charge < -0.3 is 5.11 Å². The molecule has 0 saturated heterocycles. The first kappa shape index (κ1) is 11.7. The zero-order valence-corrected chi connectivity index (χ0v) is 8.42. The van der Waals surface area contributed by atoms with Crippen molar-refractivity contribution >= 4 is 0 Å². The lowest BCUT2D eigenvalue weighted by molar-refractivity contribution is 0.145. The first-order valence-electron chi connectivity index (χ1n) is 4.95. The molecule has 1 unspecified atom stereocenters. The van der Waals surface area contributed by atoms with Crippen LogP contribution in [-0.4, -0.2) is 11.2 Å². The monoisotopic (exact) mass is 170 g/mol. The van der Waals surface area contributed by atoms with Gasteiger partial charge in [-0.15, -0.1) is 6.58 Å². The second-order valence-corrected chi connectivity index (χ2v) is 3.84. The summed E-state index contributed by atoms with van der Waals surface area (Å²) >= 11 is 0. The van der Waals surface area contributed by atoms with Crippen molar-refractivity contribution in [2.24, 2.45) is 5.92 Å². The maximum Gasteiger partial charge on any atom is 0.0540 e. The van der Waals surface area contributed by atoms with Crippen molar-refractivity contribution in [1.29, 1.82) is 0 Å². The average molecular weight is 170 g/mol. The van der Waals surface area contributed by atoms with E-state index in [-0.39, 0.29) is 6.10 Å². The van der Waals surface area contributed by atoms with Gasteiger partial charge in [-0.05, 0) is 38.0 Å². The summed E-state index contributed by atoms with van der Waals surface area (Å²) < 4.78 is 0. The van der Waals surface area contributed by atoms with E-state index in [0.717, 1.165) is 32.1 Å². The number of aliphatic hydroxyl groups is 1. The Kier molecular flexibility index (Phi) is 7.17. The topological polar surface area (TPSA) is 20.2 Å². The lowest BCUT2D eigenvalue weighted by Gasteiger charge is -2.10. The number of hydrogen-bond acceptors (Lipinski definition) is 1. The van der Waals surface area contributed by atoms with Crippen molar-refractivity contribution in [3.05, 3.63) is 12.7 Å². The summed E-state index contributed by atoms with van der Waals surface area (Å²) in [5.74, 6) is 0.707. The van der Waals surface area contributed by atoms with E-state index in [1.54, 1.807) is 0 Å². The van der Waals surface area contributed by atoms with E-state index in [0.29, 0.717) is 5.92 Å². The fraction of sp³-hybridized carbons (Fsp3) is 0.818. The fourth-order valence-electron chi connectivity index (χ4n) is 1.17. The summed E-state index contributed by atoms with van der Waals surface area (Å²) in [6.07, 6.45) is 6.94. The lowest BCUT2D eigenvalue weighted by atomic mass is 10.0. The zero-order chi connectivity index (χ0) is 9.40. The van der Waals surface area contributed by atoms with E-state index in [1.807, 2.05) is 6.08 Å². The van der Waals surface area contributed by atoms with Gasteiger partial charge in [-0.25, -0.2) is 0 Å². The minimum Gasteiger partial charge on any atom is -0.393 e. The predicted octanol–water partition coefficient (Wildman–Crippen LogP) is 3.14. The van der Waals surface area contributed by atoms with Crippen LogP contribution in [0, 0.1) is 5.92 Å². The summed E-state index contributed by atoms with van der Waals surface area (Å²) in [5, 5.41) is 9.49. The fourth-order valence-corrected chi connectivity index (χ4v) is 1.17. The molecule has 0 heterocycles. The Morgan fingerprint density at radius 2 is 1.92 bits per heavy atom. The Hall–Kier alpha value is -0.300. The van der Waals surface area contributed by atoms with Gasteiger partial charge in [0.1, 0.15) is 0 Å². The van der Waals surface area contributed by atoms with Crippen LogP contribution in [0.5, 0.6) is 0 Å². The zero-order valence-electron chi connectivity index (χ0n) is 8.42. The highest BCUT2D eigenvalue weighted by atomic mass is 16.3.